The molecule has 0 aromatic heterocycles. The predicted molar refractivity (Wildman–Crippen MR) is 116 cm³/mol. The maximum Gasteiger partial charge on any atom is 0.266 e. The highest BCUT2D eigenvalue weighted by Gasteiger charge is 2.12. The van der Waals surface area contributed by atoms with Crippen molar-refractivity contribution in [1.82, 2.24) is 0 Å². The summed E-state index contributed by atoms with van der Waals surface area (Å²) in [4.78, 5) is 12.5. The standard InChI is InChI=1S/C25H21FN2O2/c1-17-7-11-22(12-8-17)28-25(29)21(16-27)13-18-9-10-20(24(14-18)30-2)15-19-5-3-4-6-23(19)26/h3-14H,15H2,1-2H3,(H,28,29)/b21-13+. The van der Waals surface area contributed by atoms with Crippen LogP contribution in [-0.4, -0.2) is 13.0 Å². The van der Waals surface area contributed by atoms with Crippen LogP contribution in [0.1, 0.15) is 22.3 Å². The van der Waals surface area contributed by atoms with Crippen LogP contribution in [0.5, 0.6) is 5.75 Å². The zero-order valence-electron chi connectivity index (χ0n) is 16.8. The third-order valence-electron chi connectivity index (χ3n) is 4.64. The van der Waals surface area contributed by atoms with Gasteiger partial charge < -0.3 is 10.1 Å². The van der Waals surface area contributed by atoms with Gasteiger partial charge in [0.1, 0.15) is 23.2 Å². The Balaban J connectivity index is 1.82. The van der Waals surface area contributed by atoms with Crippen LogP contribution >= 0.6 is 0 Å². The molecule has 0 aliphatic rings. The van der Waals surface area contributed by atoms with Crippen LogP contribution in [0.3, 0.4) is 0 Å². The fourth-order valence-electron chi connectivity index (χ4n) is 2.99. The molecule has 0 aliphatic heterocycles. The topological polar surface area (TPSA) is 62.1 Å². The largest absolute Gasteiger partial charge is 0.496 e. The van der Waals surface area contributed by atoms with E-state index in [-0.39, 0.29) is 11.4 Å². The highest BCUT2D eigenvalue weighted by molar-refractivity contribution is 6.09. The van der Waals surface area contributed by atoms with Gasteiger partial charge in [0.25, 0.3) is 5.91 Å². The number of aryl methyl sites for hydroxylation is 1. The number of hydrogen-bond donors (Lipinski definition) is 1. The van der Waals surface area contributed by atoms with Crippen molar-refractivity contribution >= 4 is 17.7 Å². The quantitative estimate of drug-likeness (QED) is 0.452. The first-order chi connectivity index (χ1) is 14.5. The molecule has 3 aromatic carbocycles. The number of nitriles is 1. The van der Waals surface area contributed by atoms with E-state index in [1.807, 2.05) is 31.2 Å². The van der Waals surface area contributed by atoms with Crippen molar-refractivity contribution in [1.29, 1.82) is 5.26 Å². The highest BCUT2D eigenvalue weighted by Crippen LogP contribution is 2.25. The van der Waals surface area contributed by atoms with Crippen molar-refractivity contribution < 1.29 is 13.9 Å². The Bertz CT molecular complexity index is 1130. The van der Waals surface area contributed by atoms with Crippen molar-refractivity contribution in [3.05, 3.63) is 100 Å². The van der Waals surface area contributed by atoms with Gasteiger partial charge in [0, 0.05) is 12.1 Å². The number of amides is 1. The number of halogens is 1. The first-order valence-corrected chi connectivity index (χ1v) is 9.40. The monoisotopic (exact) mass is 400 g/mol. The van der Waals surface area contributed by atoms with E-state index < -0.39 is 5.91 Å². The second-order valence-electron chi connectivity index (χ2n) is 6.83. The number of anilines is 1. The lowest BCUT2D eigenvalue weighted by Gasteiger charge is -2.11. The fourth-order valence-corrected chi connectivity index (χ4v) is 2.99. The lowest BCUT2D eigenvalue weighted by Crippen LogP contribution is -2.13. The third-order valence-corrected chi connectivity index (χ3v) is 4.64. The molecule has 150 valence electrons. The average Bonchev–Trinajstić information content (AvgIpc) is 2.76. The number of ether oxygens (including phenoxy) is 1. The molecule has 0 heterocycles. The van der Waals surface area contributed by atoms with Gasteiger partial charge in [-0.1, -0.05) is 48.0 Å². The number of hydrogen-bond acceptors (Lipinski definition) is 3. The molecule has 3 rings (SSSR count). The Hall–Kier alpha value is -3.91. The highest BCUT2D eigenvalue weighted by atomic mass is 19.1. The summed E-state index contributed by atoms with van der Waals surface area (Å²) in [5, 5.41) is 12.2. The van der Waals surface area contributed by atoms with Gasteiger partial charge in [-0.3, -0.25) is 4.79 Å². The van der Waals surface area contributed by atoms with Crippen LogP contribution < -0.4 is 10.1 Å². The molecule has 0 saturated carbocycles. The van der Waals surface area contributed by atoms with Crippen LogP contribution in [0.4, 0.5) is 10.1 Å². The minimum absolute atomic E-state index is 0.0283. The number of carbonyl (C=O) groups excluding carboxylic acids is 1. The van der Waals surface area contributed by atoms with Crippen LogP contribution in [-0.2, 0) is 11.2 Å². The normalized spacial score (nSPS) is 10.9. The van der Waals surface area contributed by atoms with Crippen molar-refractivity contribution in [2.75, 3.05) is 12.4 Å². The van der Waals surface area contributed by atoms with Gasteiger partial charge in [0.05, 0.1) is 7.11 Å². The maximum atomic E-state index is 14.0. The zero-order chi connectivity index (χ0) is 21.5. The van der Waals surface area contributed by atoms with E-state index in [9.17, 15) is 14.4 Å². The summed E-state index contributed by atoms with van der Waals surface area (Å²) in [5.41, 5.74) is 3.67. The van der Waals surface area contributed by atoms with E-state index in [1.54, 1.807) is 42.5 Å². The molecular weight excluding hydrogens is 379 g/mol. The summed E-state index contributed by atoms with van der Waals surface area (Å²) < 4.78 is 19.4. The molecule has 1 amide bonds. The van der Waals surface area contributed by atoms with Gasteiger partial charge in [0.2, 0.25) is 0 Å². The van der Waals surface area contributed by atoms with Crippen LogP contribution in [0.2, 0.25) is 0 Å². The zero-order valence-corrected chi connectivity index (χ0v) is 16.8. The van der Waals surface area contributed by atoms with E-state index >= 15 is 0 Å². The van der Waals surface area contributed by atoms with E-state index in [2.05, 4.69) is 5.32 Å². The second-order valence-corrected chi connectivity index (χ2v) is 6.83. The molecule has 0 atom stereocenters. The first kappa shape index (κ1) is 20.8. The van der Waals surface area contributed by atoms with Crippen molar-refractivity contribution in [2.24, 2.45) is 0 Å². The summed E-state index contributed by atoms with van der Waals surface area (Å²) >= 11 is 0. The molecule has 0 saturated heterocycles. The molecule has 5 heteroatoms. The summed E-state index contributed by atoms with van der Waals surface area (Å²) in [7, 11) is 1.53. The molecule has 0 bridgehead atoms. The first-order valence-electron chi connectivity index (χ1n) is 9.40. The van der Waals surface area contributed by atoms with Crippen LogP contribution in [0, 0.1) is 24.1 Å². The Labute approximate surface area is 175 Å². The Morgan fingerprint density at radius 3 is 2.50 bits per heavy atom. The van der Waals surface area contributed by atoms with Crippen LogP contribution in [0.15, 0.2) is 72.3 Å². The minimum Gasteiger partial charge on any atom is -0.496 e. The van der Waals surface area contributed by atoms with Gasteiger partial charge in [0.15, 0.2) is 0 Å². The SMILES string of the molecule is COc1cc(/C=C(\C#N)C(=O)Nc2ccc(C)cc2)ccc1Cc1ccccc1F. The average molecular weight is 400 g/mol. The molecule has 0 fully saturated rings. The third kappa shape index (κ3) is 5.12. The van der Waals surface area contributed by atoms with Gasteiger partial charge >= 0.3 is 0 Å². The number of carbonyl (C=O) groups is 1. The molecule has 0 radical (unpaired) electrons. The van der Waals surface area contributed by atoms with E-state index in [0.29, 0.717) is 29.0 Å². The summed E-state index contributed by atoms with van der Waals surface area (Å²) in [5.74, 6) is -0.206. The number of methoxy groups -OCH3 is 1. The lowest BCUT2D eigenvalue weighted by molar-refractivity contribution is -0.112. The fraction of sp³-hybridized carbons (Fsp3) is 0.120. The molecule has 30 heavy (non-hydrogen) atoms. The maximum absolute atomic E-state index is 14.0. The number of benzene rings is 3. The Morgan fingerprint density at radius 2 is 1.83 bits per heavy atom. The summed E-state index contributed by atoms with van der Waals surface area (Å²) in [6.45, 7) is 1.95. The number of nitrogens with one attached hydrogen (secondary N) is 1. The van der Waals surface area contributed by atoms with Crippen molar-refractivity contribution in [3.8, 4) is 11.8 Å². The molecule has 1 N–H and O–H groups in total. The van der Waals surface area contributed by atoms with E-state index in [1.165, 1.54) is 19.3 Å². The summed E-state index contributed by atoms with van der Waals surface area (Å²) in [6.07, 6.45) is 1.87. The Kier molecular flexibility index (Phi) is 6.61. The smallest absolute Gasteiger partial charge is 0.266 e. The lowest BCUT2D eigenvalue weighted by atomic mass is 10.0. The van der Waals surface area contributed by atoms with Crippen molar-refractivity contribution in [3.63, 3.8) is 0 Å². The van der Waals surface area contributed by atoms with E-state index in [0.717, 1.165) is 11.1 Å². The summed E-state index contributed by atoms with van der Waals surface area (Å²) in [6, 6.07) is 21.2. The number of rotatable bonds is 6. The molecule has 3 aromatic rings. The Morgan fingerprint density at radius 1 is 1.10 bits per heavy atom. The van der Waals surface area contributed by atoms with E-state index in [4.69, 9.17) is 4.74 Å². The molecule has 0 aliphatic carbocycles. The van der Waals surface area contributed by atoms with Gasteiger partial charge in [-0.25, -0.2) is 4.39 Å². The van der Waals surface area contributed by atoms with Gasteiger partial charge in [-0.05, 0) is 54.0 Å². The van der Waals surface area contributed by atoms with Gasteiger partial charge in [-0.2, -0.15) is 5.26 Å². The second kappa shape index (κ2) is 9.53. The molecular formula is C25H21FN2O2. The number of nitrogens with zero attached hydrogens (tertiary/aromatic N) is 1. The van der Waals surface area contributed by atoms with Crippen molar-refractivity contribution in [2.45, 2.75) is 13.3 Å². The molecule has 0 unspecified atom stereocenters. The van der Waals surface area contributed by atoms with Gasteiger partial charge in [-0.15, -0.1) is 0 Å². The predicted octanol–water partition coefficient (Wildman–Crippen LogP) is 5.28. The molecule has 0 spiro atoms. The molecule has 4 nitrogen and oxygen atoms in total. The van der Waals surface area contributed by atoms with Crippen LogP contribution in [0.25, 0.3) is 6.08 Å². The minimum atomic E-state index is -0.490.